The third-order valence-corrected chi connectivity index (χ3v) is 6.31. The van der Waals surface area contributed by atoms with Crippen LogP contribution in [0.25, 0.3) is 0 Å². The van der Waals surface area contributed by atoms with Gasteiger partial charge >= 0.3 is 0 Å². The highest BCUT2D eigenvalue weighted by Crippen LogP contribution is 2.29. The van der Waals surface area contributed by atoms with Gasteiger partial charge < -0.3 is 25.3 Å². The molecule has 33 heavy (non-hydrogen) atoms. The van der Waals surface area contributed by atoms with E-state index in [2.05, 4.69) is 10.2 Å². The Balaban J connectivity index is 1.27. The number of benzene rings is 2. The zero-order valence-corrected chi connectivity index (χ0v) is 19.3. The number of halogens is 2. The number of fused-ring (bicyclic) bond motifs is 1. The molecule has 3 N–H and O–H groups in total. The molecule has 2 heterocycles. The van der Waals surface area contributed by atoms with Gasteiger partial charge in [0.2, 0.25) is 0 Å². The first-order chi connectivity index (χ1) is 15.9. The highest BCUT2D eigenvalue weighted by Gasteiger charge is 2.38. The molecule has 9 heteroatoms. The molecule has 0 radical (unpaired) electrons. The van der Waals surface area contributed by atoms with Crippen molar-refractivity contribution < 1.29 is 23.4 Å². The first-order valence-electron chi connectivity index (χ1n) is 11.1. The van der Waals surface area contributed by atoms with Gasteiger partial charge in [-0.3, -0.25) is 9.69 Å². The maximum absolute atomic E-state index is 13.1. The number of hydrogen-bond donors (Lipinski definition) is 2. The number of hydrogen-bond acceptors (Lipinski definition) is 6. The van der Waals surface area contributed by atoms with Crippen LogP contribution in [0.15, 0.2) is 36.4 Å². The summed E-state index contributed by atoms with van der Waals surface area (Å²) in [5.74, 6) is -0.129. The Morgan fingerprint density at radius 3 is 2.85 bits per heavy atom. The van der Waals surface area contributed by atoms with Gasteiger partial charge in [-0.05, 0) is 37.1 Å². The van der Waals surface area contributed by atoms with Gasteiger partial charge in [0.25, 0.3) is 5.91 Å². The molecule has 3 atom stereocenters. The molecule has 0 bridgehead atoms. The smallest absolute Gasteiger partial charge is 0.255 e. The average molecular weight is 478 g/mol. The van der Waals surface area contributed by atoms with Crippen LogP contribution in [-0.2, 0) is 16.1 Å². The molecule has 178 valence electrons. The molecule has 2 aromatic carbocycles. The van der Waals surface area contributed by atoms with Crippen LogP contribution in [-0.4, -0.2) is 61.9 Å². The van der Waals surface area contributed by atoms with Gasteiger partial charge in [-0.2, -0.15) is 0 Å². The summed E-state index contributed by atoms with van der Waals surface area (Å²) in [6, 6.07) is 9.76. The van der Waals surface area contributed by atoms with E-state index in [-0.39, 0.29) is 23.9 Å². The lowest BCUT2D eigenvalue weighted by molar-refractivity contribution is -0.0466. The maximum atomic E-state index is 13.1. The lowest BCUT2D eigenvalue weighted by atomic mass is 10.1. The summed E-state index contributed by atoms with van der Waals surface area (Å²) in [5.41, 5.74) is 7.50. The molecule has 0 saturated carbocycles. The van der Waals surface area contributed by atoms with Gasteiger partial charge in [0.1, 0.15) is 11.6 Å². The molecule has 0 aromatic heterocycles. The van der Waals surface area contributed by atoms with Crippen LogP contribution in [0.5, 0.6) is 5.75 Å². The number of morpholine rings is 1. The quantitative estimate of drug-likeness (QED) is 0.568. The van der Waals surface area contributed by atoms with E-state index in [0.717, 1.165) is 18.5 Å². The standard InChI is InChI=1S/C24H29ClFN3O4/c1-2-31-23-9-22(27)21(25)8-20(23)24(30)28-10-19-12-29-11-18(7-17(29)14-33-19)32-13-15-3-5-16(26)6-4-15/h3-6,8-9,17-19H,2,7,10-14,27H2,1H3,(H,28,30)/t17-,18-,19+/m1/s1. The first kappa shape index (κ1) is 23.8. The van der Waals surface area contributed by atoms with E-state index >= 15 is 0 Å². The summed E-state index contributed by atoms with van der Waals surface area (Å²) in [6.45, 7) is 5.19. The lowest BCUT2D eigenvalue weighted by Gasteiger charge is -2.35. The Bertz CT molecular complexity index is 975. The van der Waals surface area contributed by atoms with Crippen molar-refractivity contribution in [3.05, 3.63) is 58.4 Å². The molecule has 0 spiro atoms. The second kappa shape index (κ2) is 10.7. The Labute approximate surface area is 197 Å². The van der Waals surface area contributed by atoms with E-state index in [1.807, 2.05) is 6.92 Å². The SMILES string of the molecule is CCOc1cc(N)c(Cl)cc1C(=O)NC[C@H]1CN2C[C@H](OCc3ccc(F)cc3)C[C@@H]2CO1. The van der Waals surface area contributed by atoms with Gasteiger partial charge in [0, 0.05) is 31.7 Å². The second-order valence-corrected chi connectivity index (χ2v) is 8.78. The summed E-state index contributed by atoms with van der Waals surface area (Å²) < 4.78 is 30.6. The van der Waals surface area contributed by atoms with Crippen LogP contribution in [0.4, 0.5) is 10.1 Å². The number of amides is 1. The molecule has 2 fully saturated rings. The van der Waals surface area contributed by atoms with Crippen molar-refractivity contribution in [3.8, 4) is 5.75 Å². The summed E-state index contributed by atoms with van der Waals surface area (Å²) in [6.07, 6.45) is 0.866. The molecule has 2 aliphatic heterocycles. The monoisotopic (exact) mass is 477 g/mol. The molecule has 4 rings (SSSR count). The zero-order valence-electron chi connectivity index (χ0n) is 18.6. The van der Waals surface area contributed by atoms with Crippen LogP contribution < -0.4 is 15.8 Å². The molecular weight excluding hydrogens is 449 g/mol. The van der Waals surface area contributed by atoms with E-state index in [9.17, 15) is 9.18 Å². The van der Waals surface area contributed by atoms with Crippen LogP contribution in [0, 0.1) is 5.82 Å². The Morgan fingerprint density at radius 2 is 2.09 bits per heavy atom. The van der Waals surface area contributed by atoms with Crippen molar-refractivity contribution >= 4 is 23.2 Å². The topological polar surface area (TPSA) is 86.0 Å². The average Bonchev–Trinajstić information content (AvgIpc) is 3.22. The van der Waals surface area contributed by atoms with Crippen molar-refractivity contribution in [2.24, 2.45) is 0 Å². The van der Waals surface area contributed by atoms with E-state index in [4.69, 9.17) is 31.5 Å². The predicted molar refractivity (Wildman–Crippen MR) is 124 cm³/mol. The molecule has 7 nitrogen and oxygen atoms in total. The van der Waals surface area contributed by atoms with Crippen molar-refractivity contribution in [3.63, 3.8) is 0 Å². The number of nitrogens with one attached hydrogen (secondary N) is 1. The molecule has 0 unspecified atom stereocenters. The Morgan fingerprint density at radius 1 is 1.30 bits per heavy atom. The van der Waals surface area contributed by atoms with Gasteiger partial charge in [-0.25, -0.2) is 4.39 Å². The van der Waals surface area contributed by atoms with Crippen LogP contribution >= 0.6 is 11.6 Å². The fourth-order valence-electron chi connectivity index (χ4n) is 4.26. The third-order valence-electron chi connectivity index (χ3n) is 5.98. The Kier molecular flexibility index (Phi) is 7.70. The molecule has 2 saturated heterocycles. The molecular formula is C24H29ClFN3O4. The summed E-state index contributed by atoms with van der Waals surface area (Å²) in [7, 11) is 0. The maximum Gasteiger partial charge on any atom is 0.255 e. The first-order valence-corrected chi connectivity index (χ1v) is 11.5. The minimum Gasteiger partial charge on any atom is -0.493 e. The van der Waals surface area contributed by atoms with Gasteiger partial charge in [-0.1, -0.05) is 23.7 Å². The fourth-order valence-corrected chi connectivity index (χ4v) is 4.42. The normalized spacial score (nSPS) is 22.7. The summed E-state index contributed by atoms with van der Waals surface area (Å²) >= 11 is 6.10. The van der Waals surface area contributed by atoms with E-state index in [1.165, 1.54) is 18.2 Å². The third kappa shape index (κ3) is 5.95. The van der Waals surface area contributed by atoms with Crippen LogP contribution in [0.1, 0.15) is 29.3 Å². The van der Waals surface area contributed by atoms with Gasteiger partial charge in [0.05, 0.1) is 48.3 Å². The number of nitrogens with two attached hydrogens (primary N) is 1. The van der Waals surface area contributed by atoms with Gasteiger partial charge in [0.15, 0.2) is 0 Å². The number of rotatable bonds is 8. The van der Waals surface area contributed by atoms with Gasteiger partial charge in [-0.15, -0.1) is 0 Å². The highest BCUT2D eigenvalue weighted by molar-refractivity contribution is 6.33. The van der Waals surface area contributed by atoms with Crippen molar-refractivity contribution in [2.75, 3.05) is 38.6 Å². The number of nitrogens with zero attached hydrogens (tertiary/aromatic N) is 1. The zero-order chi connectivity index (χ0) is 23.4. The molecule has 2 aromatic rings. The van der Waals surface area contributed by atoms with Crippen molar-refractivity contribution in [2.45, 2.75) is 38.2 Å². The number of nitrogen functional groups attached to an aromatic ring is 1. The summed E-state index contributed by atoms with van der Waals surface area (Å²) in [5, 5.41) is 3.23. The number of carbonyl (C=O) groups excluding carboxylic acids is 1. The van der Waals surface area contributed by atoms with Crippen molar-refractivity contribution in [1.82, 2.24) is 10.2 Å². The molecule has 1 amide bonds. The molecule has 2 aliphatic rings. The predicted octanol–water partition coefficient (Wildman–Crippen LogP) is 3.25. The van der Waals surface area contributed by atoms with Crippen molar-refractivity contribution in [1.29, 1.82) is 0 Å². The highest BCUT2D eigenvalue weighted by atomic mass is 35.5. The minimum atomic E-state index is -0.284. The van der Waals surface area contributed by atoms with E-state index in [1.54, 1.807) is 18.2 Å². The van der Waals surface area contributed by atoms with Crippen LogP contribution in [0.2, 0.25) is 5.02 Å². The number of anilines is 1. The van der Waals surface area contributed by atoms with Crippen LogP contribution in [0.3, 0.4) is 0 Å². The van der Waals surface area contributed by atoms with E-state index < -0.39 is 0 Å². The lowest BCUT2D eigenvalue weighted by Crippen LogP contribution is -2.50. The number of carbonyl (C=O) groups is 1. The fraction of sp³-hybridized carbons (Fsp3) is 0.458. The van der Waals surface area contributed by atoms with E-state index in [0.29, 0.717) is 61.0 Å². The Hall–Kier alpha value is -2.39. The molecule has 0 aliphatic carbocycles. The largest absolute Gasteiger partial charge is 0.493 e. The minimum absolute atomic E-state index is 0.0997. The second-order valence-electron chi connectivity index (χ2n) is 8.37. The number of ether oxygens (including phenoxy) is 3. The summed E-state index contributed by atoms with van der Waals surface area (Å²) in [4.78, 5) is 15.1.